The Morgan fingerprint density at radius 2 is 2.00 bits per heavy atom. The summed E-state index contributed by atoms with van der Waals surface area (Å²) in [6, 6.07) is 8.00. The molecule has 2 aromatic rings. The van der Waals surface area contributed by atoms with Crippen LogP contribution in [0.15, 0.2) is 42.0 Å². The quantitative estimate of drug-likeness (QED) is 0.441. The lowest BCUT2D eigenvalue weighted by Gasteiger charge is -2.30. The van der Waals surface area contributed by atoms with Gasteiger partial charge in [0.05, 0.1) is 11.1 Å². The van der Waals surface area contributed by atoms with E-state index in [-0.39, 0.29) is 42.9 Å². The highest BCUT2D eigenvalue weighted by molar-refractivity contribution is 6.30. The van der Waals surface area contributed by atoms with Crippen molar-refractivity contribution in [3.05, 3.63) is 53.1 Å². The lowest BCUT2D eigenvalue weighted by molar-refractivity contribution is -0.134. The molecule has 0 radical (unpaired) electrons. The van der Waals surface area contributed by atoms with E-state index in [2.05, 4.69) is 5.32 Å². The summed E-state index contributed by atoms with van der Waals surface area (Å²) in [5.41, 5.74) is 7.89. The maximum absolute atomic E-state index is 13.6. The number of rotatable bonds is 5. The fourth-order valence-corrected chi connectivity index (χ4v) is 5.06. The average molecular weight is 417 g/mol. The minimum Gasteiger partial charge on any atom is -0.329 e. The zero-order chi connectivity index (χ0) is 22.1. The van der Waals surface area contributed by atoms with E-state index in [4.69, 9.17) is 5.73 Å². The Morgan fingerprint density at radius 1 is 1.23 bits per heavy atom. The minimum absolute atomic E-state index is 0.0608. The van der Waals surface area contributed by atoms with Crippen LogP contribution < -0.4 is 16.0 Å². The van der Waals surface area contributed by atoms with Gasteiger partial charge in [0.15, 0.2) is 5.78 Å². The summed E-state index contributed by atoms with van der Waals surface area (Å²) in [7, 11) is 0. The van der Waals surface area contributed by atoms with Crippen molar-refractivity contribution in [2.24, 2.45) is 17.1 Å². The number of carbonyl (C=O) groups is 4. The highest BCUT2D eigenvalue weighted by atomic mass is 16.2. The normalized spacial score (nSPS) is 24.6. The molecule has 7 nitrogen and oxygen atoms in total. The molecule has 3 amide bonds. The summed E-state index contributed by atoms with van der Waals surface area (Å²) in [5.74, 6) is -0.929. The molecule has 2 aliphatic heterocycles. The van der Waals surface area contributed by atoms with Gasteiger partial charge in [-0.25, -0.2) is 0 Å². The van der Waals surface area contributed by atoms with Gasteiger partial charge in [0.2, 0.25) is 11.8 Å². The highest BCUT2D eigenvalue weighted by Crippen LogP contribution is 2.51. The maximum Gasteiger partial charge on any atom is 0.259 e. The molecule has 3 aliphatic rings. The molecule has 3 N–H and O–H groups in total. The monoisotopic (exact) mass is 417 g/mol. The summed E-state index contributed by atoms with van der Waals surface area (Å²) in [5, 5.41) is 3.67. The molecule has 0 bridgehead atoms. The first-order valence-corrected chi connectivity index (χ1v) is 10.5. The van der Waals surface area contributed by atoms with Crippen LogP contribution in [0.2, 0.25) is 0 Å². The molecule has 1 fully saturated rings. The van der Waals surface area contributed by atoms with Crippen LogP contribution in [0.5, 0.6) is 0 Å². The number of nitrogens with zero attached hydrogens (tertiary/aromatic N) is 1. The van der Waals surface area contributed by atoms with Gasteiger partial charge in [-0.15, -0.1) is 0 Å². The van der Waals surface area contributed by atoms with Gasteiger partial charge < -0.3 is 5.73 Å². The topological polar surface area (TPSA) is 110 Å². The fraction of sp³-hybridized carbons (Fsp3) is 0.333. The number of ketones is 1. The van der Waals surface area contributed by atoms with Gasteiger partial charge in [-0.3, -0.25) is 29.4 Å². The van der Waals surface area contributed by atoms with E-state index in [9.17, 15) is 19.2 Å². The van der Waals surface area contributed by atoms with Crippen LogP contribution in [0, 0.1) is 11.3 Å². The van der Waals surface area contributed by atoms with Gasteiger partial charge in [0.1, 0.15) is 6.04 Å². The molecule has 7 heteroatoms. The van der Waals surface area contributed by atoms with Crippen LogP contribution in [0.3, 0.4) is 0 Å². The second-order valence-corrected chi connectivity index (χ2v) is 8.76. The van der Waals surface area contributed by atoms with Gasteiger partial charge in [0, 0.05) is 29.5 Å². The van der Waals surface area contributed by atoms with Crippen molar-refractivity contribution in [3.63, 3.8) is 0 Å². The third-order valence-corrected chi connectivity index (χ3v) is 6.68. The maximum atomic E-state index is 13.6. The van der Waals surface area contributed by atoms with Crippen molar-refractivity contribution in [2.75, 3.05) is 11.4 Å². The number of nitrogens with two attached hydrogens (primary N) is 1. The number of hydrogen-bond acceptors (Lipinski definition) is 5. The third-order valence-electron chi connectivity index (χ3n) is 6.68. The molecule has 2 atom stereocenters. The number of nitrogens with one attached hydrogen (secondary N) is 1. The van der Waals surface area contributed by atoms with Gasteiger partial charge >= 0.3 is 0 Å². The largest absolute Gasteiger partial charge is 0.329 e. The molecule has 158 valence electrons. The number of anilines is 1. The van der Waals surface area contributed by atoms with Crippen LogP contribution in [-0.4, -0.2) is 36.1 Å². The number of hydrogen-bond donors (Lipinski definition) is 2. The average Bonchev–Trinajstić information content (AvgIpc) is 3.44. The molecule has 2 heterocycles. The molecule has 1 aliphatic carbocycles. The Kier molecular flexibility index (Phi) is 4.17. The molecular formula is C24H23N3O4. The molecule has 31 heavy (non-hydrogen) atoms. The minimum atomic E-state index is -0.754. The van der Waals surface area contributed by atoms with E-state index in [0.29, 0.717) is 27.6 Å². The van der Waals surface area contributed by atoms with Crippen LogP contribution >= 0.6 is 0 Å². The third kappa shape index (κ3) is 2.63. The van der Waals surface area contributed by atoms with Crippen LogP contribution in [-0.2, 0) is 9.59 Å². The predicted octanol–water partition coefficient (Wildman–Crippen LogP) is 2.33. The summed E-state index contributed by atoms with van der Waals surface area (Å²) >= 11 is 0. The first-order valence-electron chi connectivity index (χ1n) is 10.5. The summed E-state index contributed by atoms with van der Waals surface area (Å²) in [6.45, 7) is 4.30. The lowest BCUT2D eigenvalue weighted by atomic mass is 9.84. The van der Waals surface area contributed by atoms with Crippen LogP contribution in [0.1, 0.15) is 47.4 Å². The number of benzene rings is 2. The SMILES string of the molecule is CC(C)C1=CC1(CN)C(=O)c1ccc2c3c(cccc13)N(C1CCC(=O)NC1=O)C2=O. The predicted molar refractivity (Wildman–Crippen MR) is 116 cm³/mol. The molecule has 2 unspecified atom stereocenters. The van der Waals surface area contributed by atoms with Crippen molar-refractivity contribution in [3.8, 4) is 0 Å². The number of carbonyl (C=O) groups excluding carboxylic acids is 4. The molecule has 5 rings (SSSR count). The van der Waals surface area contributed by atoms with E-state index in [0.717, 1.165) is 5.57 Å². The second kappa shape index (κ2) is 6.59. The molecule has 0 spiro atoms. The summed E-state index contributed by atoms with van der Waals surface area (Å²) < 4.78 is 0. The van der Waals surface area contributed by atoms with Crippen molar-refractivity contribution in [1.82, 2.24) is 5.32 Å². The van der Waals surface area contributed by atoms with E-state index < -0.39 is 17.4 Å². The Bertz CT molecular complexity index is 1230. The van der Waals surface area contributed by atoms with E-state index in [1.54, 1.807) is 24.3 Å². The second-order valence-electron chi connectivity index (χ2n) is 8.76. The molecule has 1 saturated heterocycles. The molecule has 2 aromatic carbocycles. The highest BCUT2D eigenvalue weighted by Gasteiger charge is 2.51. The van der Waals surface area contributed by atoms with Gasteiger partial charge in [-0.2, -0.15) is 0 Å². The van der Waals surface area contributed by atoms with Gasteiger partial charge in [0.25, 0.3) is 5.91 Å². The Balaban J connectivity index is 1.61. The molecule has 0 aromatic heterocycles. The van der Waals surface area contributed by atoms with E-state index in [1.807, 2.05) is 26.0 Å². The summed E-state index contributed by atoms with van der Waals surface area (Å²) in [4.78, 5) is 52.3. The van der Waals surface area contributed by atoms with Crippen molar-refractivity contribution < 1.29 is 19.2 Å². The zero-order valence-corrected chi connectivity index (χ0v) is 17.4. The van der Waals surface area contributed by atoms with Gasteiger partial charge in [-0.1, -0.05) is 37.6 Å². The van der Waals surface area contributed by atoms with Crippen molar-refractivity contribution >= 4 is 40.0 Å². The molecular weight excluding hydrogens is 394 g/mol. The first-order chi connectivity index (χ1) is 14.8. The number of Topliss-reactive ketones (excluding diaryl/α,β-unsaturated/α-hetero) is 1. The Morgan fingerprint density at radius 3 is 2.65 bits per heavy atom. The van der Waals surface area contributed by atoms with Gasteiger partial charge in [-0.05, 0) is 35.9 Å². The van der Waals surface area contributed by atoms with Crippen molar-refractivity contribution in [1.29, 1.82) is 0 Å². The first kappa shape index (κ1) is 19.6. The Hall–Kier alpha value is -3.32. The van der Waals surface area contributed by atoms with Crippen LogP contribution in [0.25, 0.3) is 10.8 Å². The molecule has 0 saturated carbocycles. The summed E-state index contributed by atoms with van der Waals surface area (Å²) in [6.07, 6.45) is 2.40. The van der Waals surface area contributed by atoms with Crippen molar-refractivity contribution in [2.45, 2.75) is 32.7 Å². The lowest BCUT2D eigenvalue weighted by Crippen LogP contribution is -2.53. The number of imide groups is 1. The number of piperidine rings is 1. The number of amides is 3. The smallest absolute Gasteiger partial charge is 0.259 e. The van der Waals surface area contributed by atoms with E-state index in [1.165, 1.54) is 4.90 Å². The standard InChI is InChI=1S/C24H23N3O4/c1-12(2)16-10-24(16,11-25)21(29)14-6-7-15-20-13(14)4-3-5-17(20)27(23(15)31)18-8-9-19(28)26-22(18)30/h3-7,10,12,18H,8-9,11,25H2,1-2H3,(H,26,28,30). The van der Waals surface area contributed by atoms with Crippen LogP contribution in [0.4, 0.5) is 5.69 Å². The fourth-order valence-electron chi connectivity index (χ4n) is 5.06. The Labute approximate surface area is 179 Å². The van der Waals surface area contributed by atoms with E-state index >= 15 is 0 Å². The zero-order valence-electron chi connectivity index (χ0n) is 17.4.